The van der Waals surface area contributed by atoms with Gasteiger partial charge in [-0.1, -0.05) is 12.1 Å². The number of hydrogen-bond acceptors (Lipinski definition) is 3. The van der Waals surface area contributed by atoms with Crippen LogP contribution in [0.3, 0.4) is 0 Å². The molecule has 1 rings (SSSR count). The fourth-order valence-corrected chi connectivity index (χ4v) is 1.12. The molecule has 14 heavy (non-hydrogen) atoms. The van der Waals surface area contributed by atoms with E-state index in [1.54, 1.807) is 23.3 Å². The Hall–Kier alpha value is -1.35. The summed E-state index contributed by atoms with van der Waals surface area (Å²) in [6.45, 7) is 5.56. The van der Waals surface area contributed by atoms with Crippen molar-refractivity contribution < 1.29 is 9.63 Å². The molecule has 1 radical (unpaired) electrons. The largest absolute Gasteiger partial charge is 0.405 e. The third-order valence-corrected chi connectivity index (χ3v) is 1.93. The van der Waals surface area contributed by atoms with E-state index in [1.807, 2.05) is 26.2 Å². The molecule has 0 saturated carbocycles. The van der Waals surface area contributed by atoms with Gasteiger partial charge >= 0.3 is 0 Å². The van der Waals surface area contributed by atoms with Gasteiger partial charge in [0.15, 0.2) is 5.75 Å². The molecular weight excluding hydrogens is 178 g/mol. The molecule has 0 atom stereocenters. The molecule has 3 nitrogen and oxygen atoms in total. The van der Waals surface area contributed by atoms with E-state index in [-0.39, 0.29) is 0 Å². The summed E-state index contributed by atoms with van der Waals surface area (Å²) in [4.78, 5) is 16.1. The monoisotopic (exact) mass is 192 g/mol. The summed E-state index contributed by atoms with van der Waals surface area (Å²) in [5.41, 5.74) is 0.458. The molecule has 0 unspecified atom stereocenters. The molecule has 0 saturated heterocycles. The first-order valence-electron chi connectivity index (χ1n) is 4.71. The van der Waals surface area contributed by atoms with Crippen LogP contribution in [-0.4, -0.2) is 24.4 Å². The Bertz CT molecular complexity index is 295. The Morgan fingerprint density at radius 1 is 1.29 bits per heavy atom. The third kappa shape index (κ3) is 2.57. The van der Waals surface area contributed by atoms with Crippen molar-refractivity contribution in [2.24, 2.45) is 0 Å². The molecule has 1 aromatic carbocycles. The van der Waals surface area contributed by atoms with Crippen LogP contribution < -0.4 is 4.84 Å². The second-order valence-corrected chi connectivity index (χ2v) is 2.80. The predicted octanol–water partition coefficient (Wildman–Crippen LogP) is 1.78. The quantitative estimate of drug-likeness (QED) is 0.666. The molecule has 0 aliphatic rings. The summed E-state index contributed by atoms with van der Waals surface area (Å²) >= 11 is 0. The zero-order valence-corrected chi connectivity index (χ0v) is 8.49. The number of hydrogen-bond donors (Lipinski definition) is 0. The van der Waals surface area contributed by atoms with Gasteiger partial charge in [-0.25, -0.2) is 0 Å². The second-order valence-electron chi connectivity index (χ2n) is 2.80. The van der Waals surface area contributed by atoms with Crippen LogP contribution in [0.4, 0.5) is 0 Å². The normalized spacial score (nSPS) is 10.2. The van der Waals surface area contributed by atoms with E-state index < -0.39 is 0 Å². The lowest BCUT2D eigenvalue weighted by Gasteiger charge is -2.19. The molecule has 0 fully saturated rings. The Labute approximate surface area is 84.2 Å². The molecule has 1 aromatic rings. The maximum atomic E-state index is 10.6. The Morgan fingerprint density at radius 2 is 1.93 bits per heavy atom. The molecule has 0 spiro atoms. The van der Waals surface area contributed by atoms with Gasteiger partial charge in [0.25, 0.3) is 0 Å². The predicted molar refractivity (Wildman–Crippen MR) is 54.8 cm³/mol. The first-order chi connectivity index (χ1) is 6.81. The number of carbonyl (C=O) groups excluding carboxylic acids is 1. The van der Waals surface area contributed by atoms with E-state index in [4.69, 9.17) is 4.84 Å². The highest BCUT2D eigenvalue weighted by atomic mass is 16.7. The Balaban J connectivity index is 2.79. The highest BCUT2D eigenvalue weighted by Gasteiger charge is 2.06. The van der Waals surface area contributed by atoms with Crippen LogP contribution in [-0.2, 0) is 4.79 Å². The molecule has 0 aromatic heterocycles. The number of benzene rings is 1. The van der Waals surface area contributed by atoms with Crippen molar-refractivity contribution in [3.05, 3.63) is 29.8 Å². The van der Waals surface area contributed by atoms with Crippen LogP contribution in [0.5, 0.6) is 5.75 Å². The second kappa shape index (κ2) is 5.40. The number of nitrogens with zero attached hydrogens (tertiary/aromatic N) is 1. The molecule has 0 aliphatic carbocycles. The lowest BCUT2D eigenvalue weighted by molar-refractivity contribution is -0.0488. The number of rotatable bonds is 5. The van der Waals surface area contributed by atoms with Crippen LogP contribution in [0, 0.1) is 0 Å². The topological polar surface area (TPSA) is 29.5 Å². The summed E-state index contributed by atoms with van der Waals surface area (Å²) in [6.07, 6.45) is 1.85. The van der Waals surface area contributed by atoms with Gasteiger partial charge in [0.2, 0.25) is 6.29 Å². The highest BCUT2D eigenvalue weighted by Crippen LogP contribution is 2.16. The van der Waals surface area contributed by atoms with Gasteiger partial charge in [0, 0.05) is 13.1 Å². The van der Waals surface area contributed by atoms with E-state index in [9.17, 15) is 4.79 Å². The summed E-state index contributed by atoms with van der Waals surface area (Å²) in [5, 5.41) is 1.77. The van der Waals surface area contributed by atoms with Crippen LogP contribution in [0.2, 0.25) is 0 Å². The van der Waals surface area contributed by atoms with Crippen molar-refractivity contribution in [2.75, 3.05) is 13.1 Å². The minimum absolute atomic E-state index is 0.458. The smallest absolute Gasteiger partial charge is 0.237 e. The Morgan fingerprint density at radius 3 is 2.50 bits per heavy atom. The van der Waals surface area contributed by atoms with Crippen LogP contribution >= 0.6 is 0 Å². The van der Waals surface area contributed by atoms with Crippen LogP contribution in [0.25, 0.3) is 0 Å². The fourth-order valence-electron chi connectivity index (χ4n) is 1.12. The van der Waals surface area contributed by atoms with Crippen molar-refractivity contribution in [1.82, 2.24) is 5.06 Å². The van der Waals surface area contributed by atoms with E-state index in [2.05, 4.69) is 0 Å². The van der Waals surface area contributed by atoms with Gasteiger partial charge in [-0.2, -0.15) is 0 Å². The molecule has 0 amide bonds. The van der Waals surface area contributed by atoms with Crippen molar-refractivity contribution in [3.8, 4) is 5.75 Å². The molecule has 0 aliphatic heterocycles. The van der Waals surface area contributed by atoms with Gasteiger partial charge in [0.05, 0.1) is 5.56 Å². The van der Waals surface area contributed by atoms with E-state index in [1.165, 1.54) is 0 Å². The first kappa shape index (κ1) is 10.7. The number of hydroxylamine groups is 2. The molecule has 0 N–H and O–H groups in total. The van der Waals surface area contributed by atoms with Crippen molar-refractivity contribution >= 4 is 6.29 Å². The van der Waals surface area contributed by atoms with Crippen molar-refractivity contribution in [2.45, 2.75) is 13.8 Å². The maximum Gasteiger partial charge on any atom is 0.237 e. The van der Waals surface area contributed by atoms with Gasteiger partial charge in [0.1, 0.15) is 0 Å². The molecule has 75 valence electrons. The van der Waals surface area contributed by atoms with E-state index in [0.29, 0.717) is 11.3 Å². The third-order valence-electron chi connectivity index (χ3n) is 1.93. The average molecular weight is 192 g/mol. The van der Waals surface area contributed by atoms with Gasteiger partial charge in [-0.3, -0.25) is 4.79 Å². The van der Waals surface area contributed by atoms with Crippen molar-refractivity contribution in [1.29, 1.82) is 0 Å². The lowest BCUT2D eigenvalue weighted by Crippen LogP contribution is -2.27. The molecule has 3 heteroatoms. The summed E-state index contributed by atoms with van der Waals surface area (Å²) in [5.74, 6) is 0.561. The Kier molecular flexibility index (Phi) is 4.13. The average Bonchev–Trinajstić information content (AvgIpc) is 2.26. The fraction of sp³-hybridized carbons (Fsp3) is 0.364. The van der Waals surface area contributed by atoms with Crippen LogP contribution in [0.1, 0.15) is 19.4 Å². The maximum absolute atomic E-state index is 10.6. The first-order valence-corrected chi connectivity index (χ1v) is 4.71. The van der Waals surface area contributed by atoms with Gasteiger partial charge in [-0.05, 0) is 26.0 Å². The SMILES string of the molecule is CCN(CC)Oc1ccccc1[C]=O. The molecule has 0 heterocycles. The summed E-state index contributed by atoms with van der Waals surface area (Å²) < 4.78 is 0. The standard InChI is InChI=1S/C11H14NO2/c1-3-12(4-2)14-11-8-6-5-7-10(11)9-13/h5-8H,3-4H2,1-2H3. The van der Waals surface area contributed by atoms with E-state index in [0.717, 1.165) is 13.1 Å². The number of para-hydroxylation sites is 1. The van der Waals surface area contributed by atoms with Gasteiger partial charge in [-0.15, -0.1) is 5.06 Å². The van der Waals surface area contributed by atoms with Crippen LogP contribution in [0.15, 0.2) is 24.3 Å². The minimum atomic E-state index is 0.458. The van der Waals surface area contributed by atoms with E-state index >= 15 is 0 Å². The lowest BCUT2D eigenvalue weighted by atomic mass is 10.2. The summed E-state index contributed by atoms with van der Waals surface area (Å²) in [7, 11) is 0. The van der Waals surface area contributed by atoms with Crippen molar-refractivity contribution in [3.63, 3.8) is 0 Å². The van der Waals surface area contributed by atoms with Gasteiger partial charge < -0.3 is 4.84 Å². The minimum Gasteiger partial charge on any atom is -0.405 e. The zero-order chi connectivity index (χ0) is 10.4. The molecule has 0 bridgehead atoms. The zero-order valence-electron chi connectivity index (χ0n) is 8.49. The highest BCUT2D eigenvalue weighted by molar-refractivity contribution is 5.79. The summed E-state index contributed by atoms with van der Waals surface area (Å²) in [6, 6.07) is 7.07. The molecular formula is C11H14NO2.